The summed E-state index contributed by atoms with van der Waals surface area (Å²) in [4.78, 5) is 13.9. The molecule has 0 fully saturated rings. The van der Waals surface area contributed by atoms with Crippen LogP contribution in [0.2, 0.25) is 0 Å². The molecule has 21 heavy (non-hydrogen) atoms. The molecule has 6 heteroatoms. The molecule has 0 radical (unpaired) electrons. The Morgan fingerprint density at radius 3 is 2.48 bits per heavy atom. The van der Waals surface area contributed by atoms with Crippen LogP contribution in [-0.4, -0.2) is 41.0 Å². The van der Waals surface area contributed by atoms with E-state index in [1.807, 2.05) is 20.8 Å². The smallest absolute Gasteiger partial charge is 0.260 e. The molecule has 1 unspecified atom stereocenters. The summed E-state index contributed by atoms with van der Waals surface area (Å²) in [5.74, 6) is 0.567. The summed E-state index contributed by atoms with van der Waals surface area (Å²) in [5, 5.41) is 11.5. The quantitative estimate of drug-likeness (QED) is 0.347. The number of hydrogen-bond donors (Lipinski definition) is 2. The van der Waals surface area contributed by atoms with Gasteiger partial charge in [-0.1, -0.05) is 12.1 Å². The van der Waals surface area contributed by atoms with Crippen LogP contribution in [0.15, 0.2) is 29.4 Å². The summed E-state index contributed by atoms with van der Waals surface area (Å²) in [6.45, 7) is 6.69. The molecule has 0 saturated heterocycles. The molecule has 1 rings (SSSR count). The first kappa shape index (κ1) is 16.8. The topological polar surface area (TPSA) is 88.2 Å². The zero-order valence-electron chi connectivity index (χ0n) is 12.7. The van der Waals surface area contributed by atoms with Gasteiger partial charge < -0.3 is 20.6 Å². The summed E-state index contributed by atoms with van der Waals surface area (Å²) in [6.07, 6.45) is 0.911. The van der Waals surface area contributed by atoms with Gasteiger partial charge in [-0.25, -0.2) is 0 Å². The lowest BCUT2D eigenvalue weighted by Gasteiger charge is -2.27. The Hall–Kier alpha value is -2.24. The highest BCUT2D eigenvalue weighted by Gasteiger charge is 2.17. The molecule has 0 aliphatic carbocycles. The highest BCUT2D eigenvalue weighted by atomic mass is 16.5. The first-order valence-corrected chi connectivity index (χ1v) is 7.03. The van der Waals surface area contributed by atoms with Crippen molar-refractivity contribution in [2.24, 2.45) is 10.9 Å². The molecular weight excluding hydrogens is 270 g/mol. The van der Waals surface area contributed by atoms with E-state index >= 15 is 0 Å². The maximum Gasteiger partial charge on any atom is 0.260 e. The SMILES string of the molecule is CCC(C)N(CC)C(=O)COc1ccc(/C(N)=N/O)cc1. The van der Waals surface area contributed by atoms with E-state index in [0.717, 1.165) is 6.42 Å². The summed E-state index contributed by atoms with van der Waals surface area (Å²) < 4.78 is 5.48. The Balaban J connectivity index is 2.60. The molecule has 1 amide bonds. The lowest BCUT2D eigenvalue weighted by atomic mass is 10.2. The maximum atomic E-state index is 12.1. The van der Waals surface area contributed by atoms with Crippen LogP contribution in [0.3, 0.4) is 0 Å². The number of rotatable bonds is 7. The normalized spacial score (nSPS) is 12.8. The van der Waals surface area contributed by atoms with Crippen molar-refractivity contribution in [3.05, 3.63) is 29.8 Å². The van der Waals surface area contributed by atoms with Crippen molar-refractivity contribution in [2.45, 2.75) is 33.2 Å². The minimum atomic E-state index is -0.0349. The Bertz CT molecular complexity index is 485. The average Bonchev–Trinajstić information content (AvgIpc) is 2.53. The predicted octanol–water partition coefficient (Wildman–Crippen LogP) is 1.81. The van der Waals surface area contributed by atoms with Gasteiger partial charge in [-0.2, -0.15) is 0 Å². The predicted molar refractivity (Wildman–Crippen MR) is 81.6 cm³/mol. The number of amidine groups is 1. The third-order valence-electron chi connectivity index (χ3n) is 3.40. The lowest BCUT2D eigenvalue weighted by molar-refractivity contribution is -0.135. The van der Waals surface area contributed by atoms with E-state index in [4.69, 9.17) is 15.7 Å². The standard InChI is InChI=1S/C15H23N3O3/c1-4-11(3)18(5-2)14(19)10-21-13-8-6-12(7-9-13)15(16)17-20/h6-9,11,20H,4-5,10H2,1-3H3,(H2,16,17). The second-order valence-electron chi connectivity index (χ2n) is 4.74. The third kappa shape index (κ3) is 4.66. The van der Waals surface area contributed by atoms with E-state index in [0.29, 0.717) is 17.9 Å². The number of oxime groups is 1. The number of likely N-dealkylation sites (N-methyl/N-ethyl adjacent to an activating group) is 1. The molecule has 1 atom stereocenters. The summed E-state index contributed by atoms with van der Waals surface area (Å²) in [6, 6.07) is 6.90. The first-order valence-electron chi connectivity index (χ1n) is 7.03. The number of benzene rings is 1. The van der Waals surface area contributed by atoms with Gasteiger partial charge in [0, 0.05) is 18.2 Å². The molecule has 0 aliphatic rings. The Kier molecular flexibility index (Phi) is 6.52. The minimum absolute atomic E-state index is 0.00109. The summed E-state index contributed by atoms with van der Waals surface area (Å²) in [7, 11) is 0. The molecule has 0 saturated carbocycles. The molecule has 0 bridgehead atoms. The van der Waals surface area contributed by atoms with Crippen LogP contribution in [0.4, 0.5) is 0 Å². The summed E-state index contributed by atoms with van der Waals surface area (Å²) in [5.41, 5.74) is 6.06. The van der Waals surface area contributed by atoms with Crippen molar-refractivity contribution in [1.82, 2.24) is 4.90 Å². The highest BCUT2D eigenvalue weighted by molar-refractivity contribution is 5.97. The van der Waals surface area contributed by atoms with Gasteiger partial charge in [0.2, 0.25) is 0 Å². The van der Waals surface area contributed by atoms with E-state index in [1.54, 1.807) is 29.2 Å². The number of nitrogens with two attached hydrogens (primary N) is 1. The molecule has 116 valence electrons. The van der Waals surface area contributed by atoms with Gasteiger partial charge in [-0.05, 0) is 44.5 Å². The van der Waals surface area contributed by atoms with Crippen LogP contribution in [0.25, 0.3) is 0 Å². The zero-order valence-corrected chi connectivity index (χ0v) is 12.7. The van der Waals surface area contributed by atoms with Gasteiger partial charge in [0.05, 0.1) is 0 Å². The second kappa shape index (κ2) is 8.14. The van der Waals surface area contributed by atoms with Gasteiger partial charge in [0.15, 0.2) is 12.4 Å². The molecule has 6 nitrogen and oxygen atoms in total. The fourth-order valence-corrected chi connectivity index (χ4v) is 1.96. The second-order valence-corrected chi connectivity index (χ2v) is 4.74. The number of carbonyl (C=O) groups is 1. The molecule has 1 aromatic rings. The molecule has 0 heterocycles. The van der Waals surface area contributed by atoms with Gasteiger partial charge in [-0.15, -0.1) is 0 Å². The van der Waals surface area contributed by atoms with E-state index in [-0.39, 0.29) is 24.4 Å². The Morgan fingerprint density at radius 1 is 1.38 bits per heavy atom. The van der Waals surface area contributed by atoms with Crippen molar-refractivity contribution in [3.8, 4) is 5.75 Å². The van der Waals surface area contributed by atoms with Crippen molar-refractivity contribution >= 4 is 11.7 Å². The molecule has 3 N–H and O–H groups in total. The van der Waals surface area contributed by atoms with E-state index in [2.05, 4.69) is 5.16 Å². The van der Waals surface area contributed by atoms with Crippen LogP contribution in [-0.2, 0) is 4.79 Å². The molecule has 0 aromatic heterocycles. The van der Waals surface area contributed by atoms with Gasteiger partial charge in [-0.3, -0.25) is 4.79 Å². The summed E-state index contributed by atoms with van der Waals surface area (Å²) >= 11 is 0. The van der Waals surface area contributed by atoms with Crippen LogP contribution in [0.1, 0.15) is 32.8 Å². The lowest BCUT2D eigenvalue weighted by Crippen LogP contribution is -2.40. The van der Waals surface area contributed by atoms with Crippen LogP contribution in [0.5, 0.6) is 5.75 Å². The van der Waals surface area contributed by atoms with Crippen molar-refractivity contribution in [2.75, 3.05) is 13.2 Å². The van der Waals surface area contributed by atoms with Crippen LogP contribution < -0.4 is 10.5 Å². The third-order valence-corrected chi connectivity index (χ3v) is 3.40. The van der Waals surface area contributed by atoms with Crippen LogP contribution >= 0.6 is 0 Å². The molecule has 1 aromatic carbocycles. The van der Waals surface area contributed by atoms with E-state index in [9.17, 15) is 4.79 Å². The van der Waals surface area contributed by atoms with E-state index < -0.39 is 0 Å². The first-order chi connectivity index (χ1) is 10.0. The largest absolute Gasteiger partial charge is 0.484 e. The van der Waals surface area contributed by atoms with Gasteiger partial charge in [0.25, 0.3) is 5.91 Å². The monoisotopic (exact) mass is 293 g/mol. The maximum absolute atomic E-state index is 12.1. The van der Waals surface area contributed by atoms with Crippen LogP contribution in [0, 0.1) is 0 Å². The van der Waals surface area contributed by atoms with Crippen molar-refractivity contribution in [3.63, 3.8) is 0 Å². The molecule has 0 aliphatic heterocycles. The highest BCUT2D eigenvalue weighted by Crippen LogP contribution is 2.13. The number of nitrogens with zero attached hydrogens (tertiary/aromatic N) is 2. The van der Waals surface area contributed by atoms with E-state index in [1.165, 1.54) is 0 Å². The average molecular weight is 293 g/mol. The minimum Gasteiger partial charge on any atom is -0.484 e. The number of amides is 1. The fourth-order valence-electron chi connectivity index (χ4n) is 1.96. The number of ether oxygens (including phenoxy) is 1. The molecule has 0 spiro atoms. The Labute approximate surface area is 125 Å². The zero-order chi connectivity index (χ0) is 15.8. The number of hydrogen-bond acceptors (Lipinski definition) is 4. The molecular formula is C15H23N3O3. The fraction of sp³-hybridized carbons (Fsp3) is 0.467. The van der Waals surface area contributed by atoms with Gasteiger partial charge in [0.1, 0.15) is 5.75 Å². The van der Waals surface area contributed by atoms with Gasteiger partial charge >= 0.3 is 0 Å². The van der Waals surface area contributed by atoms with Crippen molar-refractivity contribution < 1.29 is 14.7 Å². The number of carbonyl (C=O) groups excluding carboxylic acids is 1. The van der Waals surface area contributed by atoms with Crippen molar-refractivity contribution in [1.29, 1.82) is 0 Å². The Morgan fingerprint density at radius 2 is 2.00 bits per heavy atom.